The van der Waals surface area contributed by atoms with E-state index in [1.807, 2.05) is 30.3 Å². The maximum absolute atomic E-state index is 11.9. The fourth-order valence-electron chi connectivity index (χ4n) is 2.12. The molecule has 0 aliphatic heterocycles. The lowest BCUT2D eigenvalue weighted by atomic mass is 10.0. The summed E-state index contributed by atoms with van der Waals surface area (Å²) in [5.74, 6) is -2.56. The van der Waals surface area contributed by atoms with Crippen LogP contribution in [-0.2, 0) is 25.5 Å². The fraction of sp³-hybridized carbons (Fsp3) is 0.471. The van der Waals surface area contributed by atoms with Gasteiger partial charge in [-0.1, -0.05) is 37.3 Å². The van der Waals surface area contributed by atoms with E-state index in [1.165, 1.54) is 0 Å². The van der Waals surface area contributed by atoms with E-state index in [4.69, 9.17) is 4.74 Å². The highest BCUT2D eigenvalue weighted by atomic mass is 16.5. The average molecular weight is 321 g/mol. The molecule has 0 aromatic heterocycles. The van der Waals surface area contributed by atoms with Gasteiger partial charge in [-0.3, -0.25) is 9.59 Å². The minimum Gasteiger partial charge on any atom is -0.480 e. The minimum atomic E-state index is -1.16. The first-order valence-electron chi connectivity index (χ1n) is 7.66. The van der Waals surface area contributed by atoms with Crippen molar-refractivity contribution in [1.82, 2.24) is 5.32 Å². The van der Waals surface area contributed by atoms with Crippen molar-refractivity contribution in [2.75, 3.05) is 6.61 Å². The van der Waals surface area contributed by atoms with Crippen molar-refractivity contribution >= 4 is 17.8 Å². The Morgan fingerprint density at radius 3 is 2.43 bits per heavy atom. The number of aryl methyl sites for hydroxylation is 1. The number of aliphatic carboxylic acids is 1. The van der Waals surface area contributed by atoms with Crippen molar-refractivity contribution in [3.05, 3.63) is 35.9 Å². The molecule has 0 heterocycles. The summed E-state index contributed by atoms with van der Waals surface area (Å²) in [4.78, 5) is 34.7. The van der Waals surface area contributed by atoms with Gasteiger partial charge in [0.15, 0.2) is 0 Å². The van der Waals surface area contributed by atoms with Crippen LogP contribution >= 0.6 is 0 Å². The average Bonchev–Trinajstić information content (AvgIpc) is 2.53. The van der Waals surface area contributed by atoms with E-state index in [2.05, 4.69) is 5.32 Å². The lowest BCUT2D eigenvalue weighted by Crippen LogP contribution is -2.42. The summed E-state index contributed by atoms with van der Waals surface area (Å²) in [5, 5.41) is 11.7. The first-order chi connectivity index (χ1) is 10.9. The number of rotatable bonds is 9. The standard InChI is InChI=1S/C17H23NO5/c1-3-23-17(22)12(2)11-14(16(20)21)18-15(19)10-9-13-7-5-4-6-8-13/h4-8,12,14H,3,9-11H2,1-2H3,(H,18,19)(H,20,21)/t12-,14+/m0/s1. The second kappa shape index (κ2) is 9.61. The number of amides is 1. The monoisotopic (exact) mass is 321 g/mol. The van der Waals surface area contributed by atoms with Gasteiger partial charge in [-0.25, -0.2) is 4.79 Å². The van der Waals surface area contributed by atoms with Gasteiger partial charge in [0.1, 0.15) is 6.04 Å². The molecule has 2 N–H and O–H groups in total. The number of ether oxygens (including phenoxy) is 1. The highest BCUT2D eigenvalue weighted by Gasteiger charge is 2.26. The maximum Gasteiger partial charge on any atom is 0.326 e. The van der Waals surface area contributed by atoms with E-state index in [0.29, 0.717) is 6.42 Å². The molecule has 1 aromatic rings. The normalized spacial score (nSPS) is 13.0. The third-order valence-electron chi connectivity index (χ3n) is 3.40. The molecule has 0 bridgehead atoms. The first kappa shape index (κ1) is 18.7. The Hall–Kier alpha value is -2.37. The molecule has 126 valence electrons. The first-order valence-corrected chi connectivity index (χ1v) is 7.66. The van der Waals surface area contributed by atoms with Gasteiger partial charge in [-0.05, 0) is 25.3 Å². The Balaban J connectivity index is 2.50. The van der Waals surface area contributed by atoms with Crippen LogP contribution < -0.4 is 5.32 Å². The van der Waals surface area contributed by atoms with Crippen molar-refractivity contribution < 1.29 is 24.2 Å². The van der Waals surface area contributed by atoms with Crippen molar-refractivity contribution in [1.29, 1.82) is 0 Å². The predicted molar refractivity (Wildman–Crippen MR) is 84.7 cm³/mol. The topological polar surface area (TPSA) is 92.7 Å². The molecule has 6 nitrogen and oxygen atoms in total. The van der Waals surface area contributed by atoms with E-state index in [9.17, 15) is 19.5 Å². The van der Waals surface area contributed by atoms with Crippen LogP contribution in [0, 0.1) is 5.92 Å². The molecule has 0 saturated heterocycles. The molecule has 2 atom stereocenters. The number of hydrogen-bond acceptors (Lipinski definition) is 4. The zero-order valence-electron chi connectivity index (χ0n) is 13.5. The lowest BCUT2D eigenvalue weighted by molar-refractivity contribution is -0.149. The number of carbonyl (C=O) groups is 3. The molecule has 1 amide bonds. The van der Waals surface area contributed by atoms with Gasteiger partial charge in [-0.15, -0.1) is 0 Å². The molecule has 0 unspecified atom stereocenters. The third kappa shape index (κ3) is 6.95. The van der Waals surface area contributed by atoms with Gasteiger partial charge in [0, 0.05) is 6.42 Å². The summed E-state index contributed by atoms with van der Waals surface area (Å²) in [5.41, 5.74) is 1.01. The Morgan fingerprint density at radius 1 is 1.22 bits per heavy atom. The summed E-state index contributed by atoms with van der Waals surface area (Å²) >= 11 is 0. The second-order valence-corrected chi connectivity index (χ2v) is 5.33. The second-order valence-electron chi connectivity index (χ2n) is 5.33. The summed E-state index contributed by atoms with van der Waals surface area (Å²) in [6.07, 6.45) is 0.735. The van der Waals surface area contributed by atoms with E-state index in [1.54, 1.807) is 13.8 Å². The smallest absolute Gasteiger partial charge is 0.326 e. The SMILES string of the molecule is CCOC(=O)[C@@H](C)C[C@@H](NC(=O)CCc1ccccc1)C(=O)O. The van der Waals surface area contributed by atoms with Crippen LogP contribution in [0.25, 0.3) is 0 Å². The molecule has 0 spiro atoms. The van der Waals surface area contributed by atoms with Crippen LogP contribution in [0.1, 0.15) is 32.3 Å². The van der Waals surface area contributed by atoms with Crippen molar-refractivity contribution in [2.45, 2.75) is 39.2 Å². The molecular weight excluding hydrogens is 298 g/mol. The molecule has 0 fully saturated rings. The highest BCUT2D eigenvalue weighted by Crippen LogP contribution is 2.10. The maximum atomic E-state index is 11.9. The lowest BCUT2D eigenvalue weighted by Gasteiger charge is -2.18. The Bertz CT molecular complexity index is 529. The molecule has 23 heavy (non-hydrogen) atoms. The quantitative estimate of drug-likeness (QED) is 0.676. The van der Waals surface area contributed by atoms with Gasteiger partial charge in [0.05, 0.1) is 12.5 Å². The molecule has 1 rings (SSSR count). The Morgan fingerprint density at radius 2 is 1.87 bits per heavy atom. The number of carbonyl (C=O) groups excluding carboxylic acids is 2. The van der Waals surface area contributed by atoms with Gasteiger partial charge in [-0.2, -0.15) is 0 Å². The molecule has 6 heteroatoms. The van der Waals surface area contributed by atoms with Gasteiger partial charge in [0.25, 0.3) is 0 Å². The molecule has 0 aliphatic rings. The van der Waals surface area contributed by atoms with Crippen LogP contribution in [-0.4, -0.2) is 35.6 Å². The summed E-state index contributed by atoms with van der Waals surface area (Å²) in [6, 6.07) is 8.37. The van der Waals surface area contributed by atoms with Gasteiger partial charge >= 0.3 is 11.9 Å². The Kier molecular flexibility index (Phi) is 7.80. The molecule has 0 radical (unpaired) electrons. The molecular formula is C17H23NO5. The summed E-state index contributed by atoms with van der Waals surface area (Å²) in [6.45, 7) is 3.51. The summed E-state index contributed by atoms with van der Waals surface area (Å²) in [7, 11) is 0. The van der Waals surface area contributed by atoms with Gasteiger partial charge < -0.3 is 15.2 Å². The minimum absolute atomic E-state index is 0.00520. The third-order valence-corrected chi connectivity index (χ3v) is 3.40. The van der Waals surface area contributed by atoms with Crippen LogP contribution in [0.3, 0.4) is 0 Å². The van der Waals surface area contributed by atoms with E-state index in [0.717, 1.165) is 5.56 Å². The number of carboxylic acids is 1. The predicted octanol–water partition coefficient (Wildman–Crippen LogP) is 1.78. The largest absolute Gasteiger partial charge is 0.480 e. The molecule has 0 aliphatic carbocycles. The number of nitrogens with one attached hydrogen (secondary N) is 1. The van der Waals surface area contributed by atoms with Crippen molar-refractivity contribution in [3.8, 4) is 0 Å². The number of carboxylic acid groups (broad SMARTS) is 1. The zero-order valence-corrected chi connectivity index (χ0v) is 13.5. The van der Waals surface area contributed by atoms with Crippen LogP contribution in [0.2, 0.25) is 0 Å². The van der Waals surface area contributed by atoms with E-state index < -0.39 is 23.9 Å². The highest BCUT2D eigenvalue weighted by molar-refractivity contribution is 5.84. The van der Waals surface area contributed by atoms with Gasteiger partial charge in [0.2, 0.25) is 5.91 Å². The van der Waals surface area contributed by atoms with Crippen molar-refractivity contribution in [2.24, 2.45) is 5.92 Å². The Labute approximate surface area is 135 Å². The number of hydrogen-bond donors (Lipinski definition) is 2. The molecule has 0 saturated carbocycles. The number of benzene rings is 1. The van der Waals surface area contributed by atoms with Crippen LogP contribution in [0.5, 0.6) is 0 Å². The fourth-order valence-corrected chi connectivity index (χ4v) is 2.12. The number of esters is 1. The molecule has 1 aromatic carbocycles. The summed E-state index contributed by atoms with van der Waals surface area (Å²) < 4.78 is 4.85. The van der Waals surface area contributed by atoms with E-state index >= 15 is 0 Å². The zero-order chi connectivity index (χ0) is 17.2. The van der Waals surface area contributed by atoms with Crippen LogP contribution in [0.15, 0.2) is 30.3 Å². The van der Waals surface area contributed by atoms with Crippen LogP contribution in [0.4, 0.5) is 0 Å². The van der Waals surface area contributed by atoms with E-state index in [-0.39, 0.29) is 25.4 Å². The van der Waals surface area contributed by atoms with Crippen molar-refractivity contribution in [3.63, 3.8) is 0 Å².